The fourth-order valence-electron chi connectivity index (χ4n) is 13.6. The summed E-state index contributed by atoms with van der Waals surface area (Å²) in [7, 11) is 0. The second kappa shape index (κ2) is 14.9. The summed E-state index contributed by atoms with van der Waals surface area (Å²) in [5, 5.41) is 0. The lowest BCUT2D eigenvalue weighted by Crippen LogP contribution is -2.41. The molecule has 9 aromatic rings. The minimum absolute atomic E-state index is 0.0252. The molecule has 0 N–H and O–H groups in total. The van der Waals surface area contributed by atoms with Gasteiger partial charge in [0.25, 0.3) is 0 Å². The van der Waals surface area contributed by atoms with E-state index in [1.807, 2.05) is 0 Å². The van der Waals surface area contributed by atoms with Crippen LogP contribution in [0.5, 0.6) is 0 Å². The van der Waals surface area contributed by atoms with Crippen LogP contribution in [0.4, 0.5) is 17.1 Å². The molecule has 0 amide bonds. The van der Waals surface area contributed by atoms with Gasteiger partial charge in [0, 0.05) is 22.5 Å². The van der Waals surface area contributed by atoms with Crippen molar-refractivity contribution in [3.63, 3.8) is 0 Å². The third kappa shape index (κ3) is 5.61. The third-order valence-electron chi connectivity index (χ3n) is 17.1. The van der Waals surface area contributed by atoms with Gasteiger partial charge in [-0.3, -0.25) is 0 Å². The molecule has 342 valence electrons. The maximum atomic E-state index is 2.57. The van der Waals surface area contributed by atoms with E-state index >= 15 is 0 Å². The van der Waals surface area contributed by atoms with Gasteiger partial charge in [-0.05, 0) is 159 Å². The summed E-state index contributed by atoms with van der Waals surface area (Å²) < 4.78 is 0. The molecule has 0 saturated carbocycles. The van der Waals surface area contributed by atoms with Gasteiger partial charge in [-0.15, -0.1) is 0 Å². The molecule has 0 aliphatic heterocycles. The average Bonchev–Trinajstić information content (AvgIpc) is 3.95. The Balaban J connectivity index is 1.08. The molecule has 1 atom stereocenters. The fraction of sp³-hybridized carbons (Fsp3) is 0.217. The van der Waals surface area contributed by atoms with Gasteiger partial charge < -0.3 is 4.90 Å². The first-order valence-electron chi connectivity index (χ1n) is 25.6. The van der Waals surface area contributed by atoms with Gasteiger partial charge in [-0.2, -0.15) is 0 Å². The molecule has 9 aromatic carbocycles. The van der Waals surface area contributed by atoms with Gasteiger partial charge in [-0.25, -0.2) is 0 Å². The molecule has 1 heteroatoms. The summed E-state index contributed by atoms with van der Waals surface area (Å²) in [5.74, 6) is 0.851. The first-order valence-corrected chi connectivity index (χ1v) is 25.6. The third-order valence-corrected chi connectivity index (χ3v) is 17.1. The molecule has 70 heavy (non-hydrogen) atoms. The van der Waals surface area contributed by atoms with E-state index in [2.05, 4.69) is 261 Å². The van der Waals surface area contributed by atoms with Crippen molar-refractivity contribution in [2.24, 2.45) is 0 Å². The molecule has 0 saturated heterocycles. The normalized spacial score (nSPS) is 16.9. The molecule has 0 bridgehead atoms. The van der Waals surface area contributed by atoms with Gasteiger partial charge in [0.1, 0.15) is 0 Å². The maximum Gasteiger partial charge on any atom is 0.0726 e. The number of anilines is 3. The van der Waals surface area contributed by atoms with E-state index in [0.29, 0.717) is 11.8 Å². The van der Waals surface area contributed by atoms with Crippen LogP contribution in [0.15, 0.2) is 194 Å². The van der Waals surface area contributed by atoms with E-state index in [1.54, 1.807) is 0 Å². The number of para-hydroxylation sites is 1. The van der Waals surface area contributed by atoms with Crippen molar-refractivity contribution in [1.29, 1.82) is 0 Å². The van der Waals surface area contributed by atoms with Crippen molar-refractivity contribution in [3.05, 3.63) is 266 Å². The number of rotatable bonds is 5. The lowest BCUT2D eigenvalue weighted by molar-refractivity contribution is 0.551. The molecule has 0 radical (unpaired) electrons. The van der Waals surface area contributed by atoms with Crippen molar-refractivity contribution in [1.82, 2.24) is 0 Å². The summed E-state index contributed by atoms with van der Waals surface area (Å²) in [4.78, 5) is 2.53. The van der Waals surface area contributed by atoms with Gasteiger partial charge in [-0.1, -0.05) is 220 Å². The minimum atomic E-state index is -0.530. The Hall–Kier alpha value is -7.22. The van der Waals surface area contributed by atoms with Crippen LogP contribution in [0.1, 0.15) is 146 Å². The van der Waals surface area contributed by atoms with E-state index in [4.69, 9.17) is 0 Å². The van der Waals surface area contributed by atoms with Crippen molar-refractivity contribution >= 4 is 17.1 Å². The molecular formula is C69H61N. The predicted molar refractivity (Wildman–Crippen MR) is 294 cm³/mol. The highest BCUT2D eigenvalue weighted by Gasteiger charge is 2.55. The van der Waals surface area contributed by atoms with Crippen LogP contribution in [0.2, 0.25) is 0 Å². The molecule has 0 aromatic heterocycles. The van der Waals surface area contributed by atoms with Gasteiger partial charge in [0.15, 0.2) is 0 Å². The van der Waals surface area contributed by atoms with Crippen molar-refractivity contribution in [2.45, 2.75) is 95.8 Å². The van der Waals surface area contributed by atoms with Crippen LogP contribution in [0.25, 0.3) is 33.4 Å². The van der Waals surface area contributed by atoms with Gasteiger partial charge in [0.05, 0.1) is 10.8 Å². The van der Waals surface area contributed by atoms with E-state index in [-0.39, 0.29) is 10.8 Å². The molecule has 0 heterocycles. The number of nitrogens with zero attached hydrogens (tertiary/aromatic N) is 1. The second-order valence-corrected chi connectivity index (χ2v) is 22.8. The maximum absolute atomic E-state index is 2.57. The highest BCUT2D eigenvalue weighted by Crippen LogP contribution is 2.66. The monoisotopic (exact) mass is 903 g/mol. The number of fused-ring (bicyclic) bond motifs is 19. The van der Waals surface area contributed by atoms with Gasteiger partial charge >= 0.3 is 0 Å². The zero-order valence-corrected chi connectivity index (χ0v) is 42.1. The second-order valence-electron chi connectivity index (χ2n) is 22.8. The molecule has 0 fully saturated rings. The van der Waals surface area contributed by atoms with E-state index in [9.17, 15) is 0 Å². The summed E-state index contributed by atoms with van der Waals surface area (Å²) in [6.45, 7) is 21.2. The quantitative estimate of drug-likeness (QED) is 0.166. The summed E-state index contributed by atoms with van der Waals surface area (Å²) in [6.07, 6.45) is 0. The van der Waals surface area contributed by atoms with Crippen LogP contribution >= 0.6 is 0 Å². The molecule has 4 aliphatic rings. The zero-order chi connectivity index (χ0) is 48.1. The Morgan fingerprint density at radius 3 is 1.26 bits per heavy atom. The first-order chi connectivity index (χ1) is 33.7. The Bertz CT molecular complexity index is 3570. The van der Waals surface area contributed by atoms with E-state index in [0.717, 1.165) is 17.1 Å². The topological polar surface area (TPSA) is 3.24 Å². The lowest BCUT2D eigenvalue weighted by atomic mass is 9.55. The fourth-order valence-corrected chi connectivity index (χ4v) is 13.6. The highest BCUT2D eigenvalue weighted by molar-refractivity contribution is 5.97. The number of benzene rings is 9. The Morgan fingerprint density at radius 2 is 0.743 bits per heavy atom. The van der Waals surface area contributed by atoms with Crippen LogP contribution in [-0.2, 0) is 21.7 Å². The van der Waals surface area contributed by atoms with E-state index < -0.39 is 10.8 Å². The van der Waals surface area contributed by atoms with Crippen LogP contribution in [-0.4, -0.2) is 0 Å². The Morgan fingerprint density at radius 1 is 0.329 bits per heavy atom. The highest BCUT2D eigenvalue weighted by atomic mass is 15.1. The zero-order valence-electron chi connectivity index (χ0n) is 42.1. The summed E-state index contributed by atoms with van der Waals surface area (Å²) >= 11 is 0. The smallest absolute Gasteiger partial charge is 0.0726 e. The lowest BCUT2D eigenvalue weighted by Gasteiger charge is -2.47. The molecule has 1 nitrogen and oxygen atoms in total. The predicted octanol–water partition coefficient (Wildman–Crippen LogP) is 18.0. The number of hydrogen-bond donors (Lipinski definition) is 0. The summed E-state index contributed by atoms with van der Waals surface area (Å²) in [5.41, 5.74) is 28.0. The largest absolute Gasteiger partial charge is 0.310 e. The summed E-state index contributed by atoms with van der Waals surface area (Å²) in [6, 6.07) is 75.7. The van der Waals surface area contributed by atoms with Crippen molar-refractivity contribution in [2.75, 3.05) is 4.90 Å². The van der Waals surface area contributed by atoms with Crippen LogP contribution in [0.3, 0.4) is 0 Å². The molecule has 2 spiro atoms. The van der Waals surface area contributed by atoms with Crippen LogP contribution in [0, 0.1) is 0 Å². The van der Waals surface area contributed by atoms with Crippen molar-refractivity contribution < 1.29 is 0 Å². The Labute approximate surface area is 415 Å². The number of hydrogen-bond acceptors (Lipinski definition) is 1. The molecule has 1 unspecified atom stereocenters. The van der Waals surface area contributed by atoms with Gasteiger partial charge in [0.2, 0.25) is 0 Å². The van der Waals surface area contributed by atoms with Crippen molar-refractivity contribution in [3.8, 4) is 33.4 Å². The Kier molecular flexibility index (Phi) is 9.12. The van der Waals surface area contributed by atoms with Crippen LogP contribution < -0.4 is 4.90 Å². The van der Waals surface area contributed by atoms with E-state index in [1.165, 1.54) is 106 Å². The molecule has 13 rings (SSSR count). The average molecular weight is 904 g/mol. The minimum Gasteiger partial charge on any atom is -0.310 e. The first kappa shape index (κ1) is 42.8. The molecule has 4 aliphatic carbocycles. The molecular weight excluding hydrogens is 843 g/mol. The SMILES string of the molecule is CC(C)c1ccc2c(c1)-c1cc(C(C)C)ccc1C21c2ccccc2-c2ccc(N(c3ccccc3)c3ccc4c(c3)C3(c5ccccc5-4)c4ccccc4C(C)(C)c4ccc(C(C)(C)C)cc43)cc21. The standard InChI is InChI=1S/C69H61N/c1-42(2)44-27-34-58-54(37-44)55-38-45(43(3)4)28-35-59(55)68(58)56-23-15-13-21-50(56)52-32-30-48(40-63(52)68)70(47-19-11-10-12-20-47)49-31-33-53-51-22-14-16-24-57(51)69(64(53)41-49)62-26-18-17-25-60(62)67(8,9)61-36-29-46(39-65(61)69)66(5,6)7/h10-43H,1-9H3.